The standard InChI is InChI=1S/C45H34N2/c1-29-12-2-9-19-40(29)46-41-20-10-7-17-36(41)38-26-30(22-24-43(38)46)31-23-25-44-39(27-31)37-18-8-11-21-42(37)47(44)45-28-32-13-3-4-14-33(32)34-15-5-6-16-35(34)45/h2,4-11,14-29H,3,12-13H2,1H3/t29-/m1/s1. The molecule has 0 bridgehead atoms. The van der Waals surface area contributed by atoms with Crippen LogP contribution in [0.2, 0.25) is 0 Å². The molecule has 0 saturated carbocycles. The Hall–Kier alpha value is -5.60. The molecule has 0 radical (unpaired) electrons. The fourth-order valence-corrected chi connectivity index (χ4v) is 8.34. The summed E-state index contributed by atoms with van der Waals surface area (Å²) in [5.41, 5.74) is 13.0. The Kier molecular flexibility index (Phi) is 5.77. The van der Waals surface area contributed by atoms with Crippen molar-refractivity contribution < 1.29 is 0 Å². The van der Waals surface area contributed by atoms with Crippen LogP contribution in [0.15, 0.2) is 140 Å². The normalized spacial score (nSPS) is 16.1. The molecular formula is C45H34N2. The largest absolute Gasteiger partial charge is 0.313 e. The number of benzene rings is 6. The molecule has 224 valence electrons. The van der Waals surface area contributed by atoms with Crippen molar-refractivity contribution in [2.24, 2.45) is 5.92 Å². The third-order valence-corrected chi connectivity index (χ3v) is 10.6. The molecule has 2 aromatic heterocycles. The van der Waals surface area contributed by atoms with Crippen LogP contribution in [0.3, 0.4) is 0 Å². The van der Waals surface area contributed by atoms with Gasteiger partial charge in [0.25, 0.3) is 0 Å². The summed E-state index contributed by atoms with van der Waals surface area (Å²) in [7, 11) is 0. The third kappa shape index (κ3) is 3.91. The summed E-state index contributed by atoms with van der Waals surface area (Å²) in [6.45, 7) is 2.33. The molecule has 0 spiro atoms. The predicted octanol–water partition coefficient (Wildman–Crippen LogP) is 12.1. The lowest BCUT2D eigenvalue weighted by Gasteiger charge is -2.20. The minimum Gasteiger partial charge on any atom is -0.313 e. The van der Waals surface area contributed by atoms with Crippen LogP contribution < -0.4 is 0 Å². The number of para-hydroxylation sites is 2. The molecular weight excluding hydrogens is 569 g/mol. The van der Waals surface area contributed by atoms with Gasteiger partial charge in [-0.2, -0.15) is 0 Å². The average Bonchev–Trinajstić information content (AvgIpc) is 3.63. The highest BCUT2D eigenvalue weighted by Gasteiger charge is 2.21. The van der Waals surface area contributed by atoms with Crippen LogP contribution in [0.5, 0.6) is 0 Å². The summed E-state index contributed by atoms with van der Waals surface area (Å²) in [5.74, 6) is 0.474. The van der Waals surface area contributed by atoms with Gasteiger partial charge in [0.15, 0.2) is 0 Å². The van der Waals surface area contributed by atoms with Gasteiger partial charge in [-0.05, 0) is 95.4 Å². The highest BCUT2D eigenvalue weighted by Crippen LogP contribution is 2.41. The van der Waals surface area contributed by atoms with Gasteiger partial charge in [0.2, 0.25) is 0 Å². The van der Waals surface area contributed by atoms with Gasteiger partial charge in [-0.25, -0.2) is 0 Å². The van der Waals surface area contributed by atoms with Crippen LogP contribution in [0.25, 0.3) is 83.0 Å². The van der Waals surface area contributed by atoms with Crippen LogP contribution in [0.4, 0.5) is 0 Å². The molecule has 0 aliphatic heterocycles. The lowest BCUT2D eigenvalue weighted by Crippen LogP contribution is -2.07. The Morgan fingerprint density at radius 3 is 1.85 bits per heavy atom. The van der Waals surface area contributed by atoms with Crippen molar-refractivity contribution in [3.05, 3.63) is 151 Å². The summed E-state index contributed by atoms with van der Waals surface area (Å²) in [6, 6.07) is 43.3. The van der Waals surface area contributed by atoms with Crippen molar-refractivity contribution in [1.82, 2.24) is 9.13 Å². The average molecular weight is 603 g/mol. The molecule has 8 aromatic rings. The number of hydrogen-bond acceptors (Lipinski definition) is 0. The molecule has 0 fully saturated rings. The van der Waals surface area contributed by atoms with E-state index in [1.165, 1.54) is 88.0 Å². The summed E-state index contributed by atoms with van der Waals surface area (Å²) >= 11 is 0. The van der Waals surface area contributed by atoms with Gasteiger partial charge in [0.05, 0.1) is 27.8 Å². The van der Waals surface area contributed by atoms with Crippen molar-refractivity contribution in [3.8, 4) is 16.8 Å². The quantitative estimate of drug-likeness (QED) is 0.190. The second kappa shape index (κ2) is 10.2. The van der Waals surface area contributed by atoms with E-state index in [-0.39, 0.29) is 0 Å². The van der Waals surface area contributed by atoms with Crippen LogP contribution >= 0.6 is 0 Å². The van der Waals surface area contributed by atoms with E-state index in [4.69, 9.17) is 0 Å². The molecule has 0 amide bonds. The number of allylic oxidation sites excluding steroid dienone is 5. The molecule has 2 heterocycles. The Morgan fingerprint density at radius 2 is 1.15 bits per heavy atom. The Balaban J connectivity index is 1.19. The number of aromatic nitrogens is 2. The molecule has 47 heavy (non-hydrogen) atoms. The van der Waals surface area contributed by atoms with Gasteiger partial charge in [-0.15, -0.1) is 0 Å². The molecule has 2 heteroatoms. The van der Waals surface area contributed by atoms with Crippen LogP contribution in [0.1, 0.15) is 30.9 Å². The van der Waals surface area contributed by atoms with Gasteiger partial charge >= 0.3 is 0 Å². The minimum atomic E-state index is 0.474. The number of hydrogen-bond donors (Lipinski definition) is 0. The van der Waals surface area contributed by atoms with Crippen LogP contribution in [-0.4, -0.2) is 9.13 Å². The Labute approximate surface area is 274 Å². The van der Waals surface area contributed by atoms with Gasteiger partial charge < -0.3 is 9.13 Å². The second-order valence-corrected chi connectivity index (χ2v) is 13.3. The van der Waals surface area contributed by atoms with E-state index in [2.05, 4.69) is 162 Å². The summed E-state index contributed by atoms with van der Waals surface area (Å²) in [5, 5.41) is 7.81. The molecule has 2 aliphatic carbocycles. The topological polar surface area (TPSA) is 9.86 Å². The van der Waals surface area contributed by atoms with Gasteiger partial charge in [0, 0.05) is 38.5 Å². The number of nitrogens with zero attached hydrogens (tertiary/aromatic N) is 2. The monoisotopic (exact) mass is 602 g/mol. The zero-order valence-corrected chi connectivity index (χ0v) is 26.4. The zero-order chi connectivity index (χ0) is 31.1. The molecule has 0 saturated heterocycles. The van der Waals surface area contributed by atoms with Crippen molar-refractivity contribution in [2.75, 3.05) is 0 Å². The maximum Gasteiger partial charge on any atom is 0.0543 e. The first kappa shape index (κ1) is 26.6. The van der Waals surface area contributed by atoms with Gasteiger partial charge in [0.1, 0.15) is 0 Å². The highest BCUT2D eigenvalue weighted by molar-refractivity contribution is 6.14. The van der Waals surface area contributed by atoms with Crippen LogP contribution in [0, 0.1) is 5.92 Å². The van der Waals surface area contributed by atoms with Crippen molar-refractivity contribution >= 4 is 66.2 Å². The predicted molar refractivity (Wildman–Crippen MR) is 201 cm³/mol. The summed E-state index contributed by atoms with van der Waals surface area (Å²) < 4.78 is 4.98. The second-order valence-electron chi connectivity index (χ2n) is 13.3. The molecule has 10 rings (SSSR count). The van der Waals surface area contributed by atoms with E-state index in [9.17, 15) is 0 Å². The minimum absolute atomic E-state index is 0.474. The van der Waals surface area contributed by atoms with Gasteiger partial charge in [-0.1, -0.05) is 104 Å². The first-order valence-electron chi connectivity index (χ1n) is 16.9. The fourth-order valence-electron chi connectivity index (χ4n) is 8.34. The van der Waals surface area contributed by atoms with E-state index < -0.39 is 0 Å². The molecule has 0 unspecified atom stereocenters. The zero-order valence-electron chi connectivity index (χ0n) is 26.4. The van der Waals surface area contributed by atoms with E-state index in [1.54, 1.807) is 0 Å². The number of rotatable bonds is 3. The third-order valence-electron chi connectivity index (χ3n) is 10.6. The number of fused-ring (bicyclic) bond motifs is 9. The maximum atomic E-state index is 2.50. The molecule has 6 aromatic carbocycles. The smallest absolute Gasteiger partial charge is 0.0543 e. The maximum absolute atomic E-state index is 2.50. The van der Waals surface area contributed by atoms with E-state index >= 15 is 0 Å². The number of aryl methyl sites for hydroxylation is 1. The van der Waals surface area contributed by atoms with E-state index in [0.717, 1.165) is 19.3 Å². The lowest BCUT2D eigenvalue weighted by atomic mass is 9.91. The van der Waals surface area contributed by atoms with Gasteiger partial charge in [-0.3, -0.25) is 0 Å². The van der Waals surface area contributed by atoms with E-state index in [1.807, 2.05) is 0 Å². The fraction of sp³-hybridized carbons (Fsp3) is 0.111. The van der Waals surface area contributed by atoms with Crippen LogP contribution in [-0.2, 0) is 6.42 Å². The molecule has 2 nitrogen and oxygen atoms in total. The van der Waals surface area contributed by atoms with E-state index in [0.29, 0.717) is 5.92 Å². The highest BCUT2D eigenvalue weighted by atomic mass is 15.0. The Morgan fingerprint density at radius 1 is 0.553 bits per heavy atom. The lowest BCUT2D eigenvalue weighted by molar-refractivity contribution is 0.725. The molecule has 2 aliphatic rings. The molecule has 1 atom stereocenters. The first-order chi connectivity index (χ1) is 23.2. The summed E-state index contributed by atoms with van der Waals surface area (Å²) in [4.78, 5) is 0. The molecule has 0 N–H and O–H groups in total. The van der Waals surface area contributed by atoms with Crippen molar-refractivity contribution in [3.63, 3.8) is 0 Å². The summed E-state index contributed by atoms with van der Waals surface area (Å²) in [6.07, 6.45) is 14.7. The SMILES string of the molecule is C[C@@H]1CC=CC=C1n1c2ccccc2c2cc(-c3ccc4c(c3)c3ccccc3n4-c3cc4c(c5ccccc35)C=CCC4)ccc21. The van der Waals surface area contributed by atoms with Crippen molar-refractivity contribution in [1.29, 1.82) is 0 Å². The Bertz CT molecular complexity index is 2670. The van der Waals surface area contributed by atoms with Crippen molar-refractivity contribution in [2.45, 2.75) is 26.2 Å². The first-order valence-corrected chi connectivity index (χ1v) is 16.9.